The van der Waals surface area contributed by atoms with Crippen molar-refractivity contribution in [3.05, 3.63) is 11.6 Å². The van der Waals surface area contributed by atoms with Crippen molar-refractivity contribution in [2.45, 2.75) is 180 Å². The quantitative estimate of drug-likeness (QED) is 0.0969. The third kappa shape index (κ3) is 8.02. The van der Waals surface area contributed by atoms with E-state index in [-0.39, 0.29) is 70.0 Å². The first kappa shape index (κ1) is 49.7. The molecule has 362 valence electrons. The van der Waals surface area contributed by atoms with Crippen LogP contribution in [0.4, 0.5) is 0 Å². The minimum absolute atomic E-state index is 0.0337. The van der Waals surface area contributed by atoms with Crippen LogP contribution in [0.5, 0.6) is 0 Å². The van der Waals surface area contributed by atoms with Crippen molar-refractivity contribution in [2.75, 3.05) is 70.1 Å². The molecule has 7 rings (SSSR count). The summed E-state index contributed by atoms with van der Waals surface area (Å²) in [4.78, 5) is 15.2. The van der Waals surface area contributed by atoms with Gasteiger partial charge < -0.3 is 56.8 Å². The standard InChI is InChI=1S/C50H84O13/c1-45(2)22-24-50(44(51)63-43-41(59-15)39(57-13)37(55-11)32(61-43)28-53-9)25-23-48(6)29(30(50)26-45)16-17-34-47(5)20-19-35(46(3,4)33(47)18-21-49(34,48)7)62-42-40(58-14)38(56-12)36(54-10)31(60-42)27-52-8/h16,30-43H,17-28H2,1-15H3/t30-,31+,32+,33+,34-,35-,36+,37+,38-,39-,40+,41+,42-,43-,47-,48+,49+,50-/m0/s1. The molecule has 4 saturated carbocycles. The van der Waals surface area contributed by atoms with Gasteiger partial charge in [0.25, 0.3) is 0 Å². The van der Waals surface area contributed by atoms with Crippen LogP contribution in [0.1, 0.15) is 113 Å². The van der Waals surface area contributed by atoms with Gasteiger partial charge in [0.15, 0.2) is 6.29 Å². The zero-order valence-electron chi connectivity index (χ0n) is 41.5. The molecule has 0 spiro atoms. The lowest BCUT2D eigenvalue weighted by molar-refractivity contribution is -0.338. The average molecular weight is 893 g/mol. The molecule has 13 nitrogen and oxygen atoms in total. The maximum atomic E-state index is 15.2. The first-order chi connectivity index (χ1) is 29.8. The van der Waals surface area contributed by atoms with Gasteiger partial charge in [0.05, 0.1) is 24.7 Å². The van der Waals surface area contributed by atoms with E-state index in [9.17, 15) is 0 Å². The number of esters is 1. The number of carbonyl (C=O) groups is 1. The maximum Gasteiger partial charge on any atom is 0.315 e. The van der Waals surface area contributed by atoms with Crippen molar-refractivity contribution in [3.8, 4) is 0 Å². The third-order valence-electron chi connectivity index (χ3n) is 19.0. The summed E-state index contributed by atoms with van der Waals surface area (Å²) in [5.41, 5.74) is 0.859. The van der Waals surface area contributed by atoms with Crippen LogP contribution in [-0.2, 0) is 61.6 Å². The van der Waals surface area contributed by atoms with E-state index in [1.165, 1.54) is 5.57 Å². The molecule has 2 aliphatic heterocycles. The Kier molecular flexibility index (Phi) is 14.7. The number of allylic oxidation sites excluding steroid dienone is 2. The largest absolute Gasteiger partial charge is 0.432 e. The average Bonchev–Trinajstić information content (AvgIpc) is 3.24. The molecular formula is C50H84O13. The van der Waals surface area contributed by atoms with Crippen LogP contribution in [0.25, 0.3) is 0 Å². The molecule has 0 radical (unpaired) electrons. The van der Waals surface area contributed by atoms with Gasteiger partial charge in [-0.1, -0.05) is 60.1 Å². The molecule has 13 heteroatoms. The number of carbonyl (C=O) groups excluding carboxylic acids is 1. The minimum atomic E-state index is -0.960. The smallest absolute Gasteiger partial charge is 0.315 e. The fourth-order valence-electron chi connectivity index (χ4n) is 15.4. The molecule has 2 saturated heterocycles. The van der Waals surface area contributed by atoms with Gasteiger partial charge in [0, 0.05) is 56.9 Å². The number of rotatable bonds is 14. The summed E-state index contributed by atoms with van der Waals surface area (Å²) in [6.07, 6.45) is 6.99. The van der Waals surface area contributed by atoms with Gasteiger partial charge in [0.2, 0.25) is 6.29 Å². The number of methoxy groups -OCH3 is 8. The Morgan fingerprint density at radius 1 is 0.619 bits per heavy atom. The minimum Gasteiger partial charge on any atom is -0.432 e. The van der Waals surface area contributed by atoms with Crippen molar-refractivity contribution in [1.29, 1.82) is 0 Å². The summed E-state index contributed by atoms with van der Waals surface area (Å²) in [5.74, 6) is 0.813. The van der Waals surface area contributed by atoms with Crippen molar-refractivity contribution < 1.29 is 61.6 Å². The summed E-state index contributed by atoms with van der Waals surface area (Å²) in [6.45, 7) is 18.0. The molecule has 0 aromatic rings. The highest BCUT2D eigenvalue weighted by Gasteiger charge is 2.70. The lowest BCUT2D eigenvalue weighted by Gasteiger charge is -2.71. The van der Waals surface area contributed by atoms with E-state index >= 15 is 4.79 Å². The maximum absolute atomic E-state index is 15.2. The second-order valence-corrected chi connectivity index (χ2v) is 22.5. The first-order valence-electron chi connectivity index (χ1n) is 23.9. The highest BCUT2D eigenvalue weighted by atomic mass is 16.7. The van der Waals surface area contributed by atoms with Crippen LogP contribution >= 0.6 is 0 Å². The third-order valence-corrected chi connectivity index (χ3v) is 19.0. The lowest BCUT2D eigenvalue weighted by Crippen LogP contribution is -2.66. The summed E-state index contributed by atoms with van der Waals surface area (Å²) < 4.78 is 73.5. The molecule has 7 aliphatic rings. The second kappa shape index (κ2) is 18.7. The lowest BCUT2D eigenvalue weighted by atomic mass is 9.33. The van der Waals surface area contributed by atoms with Gasteiger partial charge in [-0.3, -0.25) is 4.79 Å². The van der Waals surface area contributed by atoms with Gasteiger partial charge in [-0.2, -0.15) is 0 Å². The van der Waals surface area contributed by atoms with E-state index < -0.39 is 48.5 Å². The van der Waals surface area contributed by atoms with Crippen molar-refractivity contribution in [1.82, 2.24) is 0 Å². The fourth-order valence-corrected chi connectivity index (χ4v) is 15.4. The predicted octanol–water partition coefficient (Wildman–Crippen LogP) is 7.55. The van der Waals surface area contributed by atoms with Gasteiger partial charge in [-0.05, 0) is 109 Å². The van der Waals surface area contributed by atoms with E-state index in [4.69, 9.17) is 56.8 Å². The Balaban J connectivity index is 1.16. The molecule has 0 aromatic carbocycles. The predicted molar refractivity (Wildman–Crippen MR) is 236 cm³/mol. The van der Waals surface area contributed by atoms with Crippen LogP contribution in [0.2, 0.25) is 0 Å². The molecule has 0 aromatic heterocycles. The molecule has 0 unspecified atom stereocenters. The van der Waals surface area contributed by atoms with Crippen molar-refractivity contribution in [3.63, 3.8) is 0 Å². The number of hydrogen-bond donors (Lipinski definition) is 0. The molecule has 2 heterocycles. The molecule has 0 amide bonds. The van der Waals surface area contributed by atoms with E-state index in [1.807, 2.05) is 0 Å². The number of fused-ring (bicyclic) bond motifs is 7. The number of hydrogen-bond acceptors (Lipinski definition) is 13. The van der Waals surface area contributed by atoms with Gasteiger partial charge >= 0.3 is 5.97 Å². The molecular weight excluding hydrogens is 809 g/mol. The molecule has 6 fully saturated rings. The highest BCUT2D eigenvalue weighted by molar-refractivity contribution is 5.79. The molecule has 18 atom stereocenters. The van der Waals surface area contributed by atoms with Crippen LogP contribution in [0.3, 0.4) is 0 Å². The van der Waals surface area contributed by atoms with Crippen LogP contribution in [0, 0.1) is 50.2 Å². The highest BCUT2D eigenvalue weighted by Crippen LogP contribution is 2.76. The second-order valence-electron chi connectivity index (χ2n) is 22.5. The van der Waals surface area contributed by atoms with Gasteiger partial charge in [-0.25, -0.2) is 0 Å². The van der Waals surface area contributed by atoms with E-state index in [2.05, 4.69) is 54.5 Å². The molecule has 5 aliphatic carbocycles. The Labute approximate surface area is 378 Å². The zero-order valence-corrected chi connectivity index (χ0v) is 41.5. The first-order valence-corrected chi connectivity index (χ1v) is 23.9. The van der Waals surface area contributed by atoms with E-state index in [0.29, 0.717) is 18.4 Å². The Morgan fingerprint density at radius 3 is 1.71 bits per heavy atom. The topological polar surface area (TPSA) is 128 Å². The summed E-state index contributed by atoms with van der Waals surface area (Å²) >= 11 is 0. The van der Waals surface area contributed by atoms with Crippen molar-refractivity contribution >= 4 is 5.97 Å². The Bertz CT molecular complexity index is 1620. The van der Waals surface area contributed by atoms with Crippen LogP contribution in [-0.4, -0.2) is 144 Å². The molecule has 0 N–H and O–H groups in total. The molecule has 0 bridgehead atoms. The Morgan fingerprint density at radius 2 is 1.16 bits per heavy atom. The van der Waals surface area contributed by atoms with Gasteiger partial charge in [0.1, 0.15) is 48.8 Å². The van der Waals surface area contributed by atoms with E-state index in [1.54, 1.807) is 56.9 Å². The summed E-state index contributed by atoms with van der Waals surface area (Å²) in [5, 5.41) is 0. The number of ether oxygens (including phenoxy) is 12. The fraction of sp³-hybridized carbons (Fsp3) is 0.940. The van der Waals surface area contributed by atoms with Gasteiger partial charge in [-0.15, -0.1) is 0 Å². The summed E-state index contributed by atoms with van der Waals surface area (Å²) in [6, 6.07) is 0. The van der Waals surface area contributed by atoms with E-state index in [0.717, 1.165) is 64.2 Å². The zero-order chi connectivity index (χ0) is 45.9. The normalized spacial score (nSPS) is 47.9. The SMILES string of the molecule is COC[C@H]1O[C@@H](OC(=O)[C@]23CCC(C)(C)C[C@H]2C2=CC[C@H]4[C@@]5(C)CC[C@H](O[C@@H]6O[C@H](COC)[C@@H](OC)[C@H](OC)[C@H]6OC)C(C)(C)[C@H]5CC[C@@]4(C)[C@]2(C)CC3)[C@H](OC)[C@@H](OC)[C@@H]1OC. The summed E-state index contributed by atoms with van der Waals surface area (Å²) in [7, 11) is 13.2. The van der Waals surface area contributed by atoms with Crippen LogP contribution in [0.15, 0.2) is 11.6 Å². The monoisotopic (exact) mass is 893 g/mol. The molecule has 63 heavy (non-hydrogen) atoms. The van der Waals surface area contributed by atoms with Crippen LogP contribution < -0.4 is 0 Å². The Hall–Kier alpha value is -1.23. The van der Waals surface area contributed by atoms with Crippen molar-refractivity contribution in [2.24, 2.45) is 50.2 Å².